The van der Waals surface area contributed by atoms with Gasteiger partial charge in [-0.25, -0.2) is 17.9 Å². The maximum atomic E-state index is 12.6. The predicted molar refractivity (Wildman–Crippen MR) is 118 cm³/mol. The molecule has 0 aromatic heterocycles. The molecule has 0 heterocycles. The van der Waals surface area contributed by atoms with E-state index in [9.17, 15) is 18.0 Å². The molecule has 0 fully saturated rings. The SMILES string of the molecule is CNS(=O)(=O)c1cccc(C(=O)O[C@@H](C)C(=O)Nc2ccccc2-c2ccccc2)c1. The highest BCUT2D eigenvalue weighted by Gasteiger charge is 2.21. The van der Waals surface area contributed by atoms with Gasteiger partial charge in [-0.3, -0.25) is 4.79 Å². The lowest BCUT2D eigenvalue weighted by atomic mass is 10.0. The molecule has 0 saturated carbocycles. The Morgan fingerprint density at radius 2 is 1.58 bits per heavy atom. The summed E-state index contributed by atoms with van der Waals surface area (Å²) in [6.45, 7) is 1.45. The largest absolute Gasteiger partial charge is 0.449 e. The van der Waals surface area contributed by atoms with E-state index in [0.29, 0.717) is 5.69 Å². The number of benzene rings is 3. The molecule has 3 aromatic rings. The standard InChI is InChI=1S/C23H22N2O5S/c1-16(30-23(27)18-11-8-12-19(15-18)31(28,29)24-2)22(26)25-21-14-7-6-13-20(21)17-9-4-3-5-10-17/h3-16,24H,1-2H3,(H,25,26)/t16-/m0/s1. The van der Waals surface area contributed by atoms with Crippen molar-refractivity contribution in [1.82, 2.24) is 4.72 Å². The summed E-state index contributed by atoms with van der Waals surface area (Å²) in [5, 5.41) is 2.79. The molecule has 3 aromatic carbocycles. The van der Waals surface area contributed by atoms with Gasteiger partial charge in [-0.05, 0) is 43.8 Å². The summed E-state index contributed by atoms with van der Waals surface area (Å²) in [5.74, 6) is -1.30. The second kappa shape index (κ2) is 9.55. The van der Waals surface area contributed by atoms with Gasteiger partial charge in [0.1, 0.15) is 0 Å². The van der Waals surface area contributed by atoms with Gasteiger partial charge in [0, 0.05) is 11.3 Å². The Hall–Kier alpha value is -3.49. The van der Waals surface area contributed by atoms with Crippen molar-refractivity contribution in [3.8, 4) is 11.1 Å². The van der Waals surface area contributed by atoms with Gasteiger partial charge >= 0.3 is 5.97 Å². The minimum atomic E-state index is -3.71. The first-order valence-electron chi connectivity index (χ1n) is 9.52. The van der Waals surface area contributed by atoms with E-state index in [4.69, 9.17) is 4.74 Å². The number of carbonyl (C=O) groups excluding carboxylic acids is 2. The van der Waals surface area contributed by atoms with E-state index in [1.54, 1.807) is 12.1 Å². The number of esters is 1. The molecule has 2 N–H and O–H groups in total. The van der Waals surface area contributed by atoms with Crippen LogP contribution in [0.25, 0.3) is 11.1 Å². The van der Waals surface area contributed by atoms with Crippen LogP contribution in [0.3, 0.4) is 0 Å². The summed E-state index contributed by atoms with van der Waals surface area (Å²) in [4.78, 5) is 25.0. The van der Waals surface area contributed by atoms with E-state index >= 15 is 0 Å². The number of hydrogen-bond acceptors (Lipinski definition) is 5. The second-order valence-electron chi connectivity index (χ2n) is 6.68. The Labute approximate surface area is 181 Å². The molecule has 3 rings (SSSR count). The zero-order valence-corrected chi connectivity index (χ0v) is 17.8. The van der Waals surface area contributed by atoms with Crippen LogP contribution in [0.1, 0.15) is 17.3 Å². The number of anilines is 1. The van der Waals surface area contributed by atoms with Crippen LogP contribution < -0.4 is 10.0 Å². The summed E-state index contributed by atoms with van der Waals surface area (Å²) in [6.07, 6.45) is -1.10. The number of nitrogens with one attached hydrogen (secondary N) is 2. The number of carbonyl (C=O) groups is 2. The quantitative estimate of drug-likeness (QED) is 0.550. The monoisotopic (exact) mass is 438 g/mol. The van der Waals surface area contributed by atoms with Crippen molar-refractivity contribution in [2.24, 2.45) is 0 Å². The molecule has 0 aliphatic rings. The third-order valence-corrected chi connectivity index (χ3v) is 5.98. The minimum absolute atomic E-state index is 0.0284. The fourth-order valence-corrected chi connectivity index (χ4v) is 3.66. The number of hydrogen-bond donors (Lipinski definition) is 2. The molecule has 1 amide bonds. The number of rotatable bonds is 7. The van der Waals surface area contributed by atoms with Gasteiger partial charge in [0.25, 0.3) is 5.91 Å². The molecule has 1 atom stereocenters. The van der Waals surface area contributed by atoms with Crippen LogP contribution >= 0.6 is 0 Å². The molecular formula is C23H22N2O5S. The number of amides is 1. The topological polar surface area (TPSA) is 102 Å². The lowest BCUT2D eigenvalue weighted by Crippen LogP contribution is -2.30. The highest BCUT2D eigenvalue weighted by atomic mass is 32.2. The molecule has 0 bridgehead atoms. The van der Waals surface area contributed by atoms with Crippen LogP contribution in [0.15, 0.2) is 83.8 Å². The van der Waals surface area contributed by atoms with Crippen molar-refractivity contribution in [3.05, 3.63) is 84.4 Å². The van der Waals surface area contributed by atoms with Crippen molar-refractivity contribution in [2.75, 3.05) is 12.4 Å². The average molecular weight is 439 g/mol. The minimum Gasteiger partial charge on any atom is -0.449 e. The van der Waals surface area contributed by atoms with E-state index < -0.39 is 28.0 Å². The maximum absolute atomic E-state index is 12.6. The van der Waals surface area contributed by atoms with E-state index in [2.05, 4.69) is 10.0 Å². The molecule has 0 spiro atoms. The lowest BCUT2D eigenvalue weighted by molar-refractivity contribution is -0.123. The Morgan fingerprint density at radius 1 is 0.903 bits per heavy atom. The van der Waals surface area contributed by atoms with Gasteiger partial charge < -0.3 is 10.1 Å². The third-order valence-electron chi connectivity index (χ3n) is 4.57. The highest BCUT2D eigenvalue weighted by molar-refractivity contribution is 7.89. The van der Waals surface area contributed by atoms with Crippen LogP contribution in [-0.2, 0) is 19.6 Å². The fraction of sp³-hybridized carbons (Fsp3) is 0.130. The normalized spacial score (nSPS) is 12.1. The summed E-state index contributed by atoms with van der Waals surface area (Å²) in [6, 6.07) is 22.3. The zero-order valence-electron chi connectivity index (χ0n) is 17.0. The van der Waals surface area contributed by atoms with Crippen LogP contribution in [0.4, 0.5) is 5.69 Å². The molecule has 0 saturated heterocycles. The average Bonchev–Trinajstić information content (AvgIpc) is 2.80. The number of para-hydroxylation sites is 1. The first-order valence-corrected chi connectivity index (χ1v) is 11.0. The predicted octanol–water partition coefficient (Wildman–Crippen LogP) is 3.45. The fourth-order valence-electron chi connectivity index (χ4n) is 2.89. The van der Waals surface area contributed by atoms with Gasteiger partial charge in [-0.2, -0.15) is 0 Å². The van der Waals surface area contributed by atoms with Gasteiger partial charge in [-0.1, -0.05) is 54.6 Å². The molecule has 0 unspecified atom stereocenters. The Morgan fingerprint density at radius 3 is 2.29 bits per heavy atom. The first-order chi connectivity index (χ1) is 14.8. The second-order valence-corrected chi connectivity index (χ2v) is 8.57. The van der Waals surface area contributed by atoms with E-state index in [1.807, 2.05) is 42.5 Å². The van der Waals surface area contributed by atoms with Crippen LogP contribution in [-0.4, -0.2) is 33.4 Å². The van der Waals surface area contributed by atoms with Gasteiger partial charge in [0.15, 0.2) is 6.10 Å². The van der Waals surface area contributed by atoms with E-state index in [1.165, 1.54) is 38.2 Å². The highest BCUT2D eigenvalue weighted by Crippen LogP contribution is 2.27. The van der Waals surface area contributed by atoms with Crippen molar-refractivity contribution < 1.29 is 22.7 Å². The van der Waals surface area contributed by atoms with Gasteiger partial charge in [-0.15, -0.1) is 0 Å². The van der Waals surface area contributed by atoms with E-state index in [-0.39, 0.29) is 10.5 Å². The summed E-state index contributed by atoms with van der Waals surface area (Å²) in [7, 11) is -2.43. The zero-order chi connectivity index (χ0) is 22.4. The van der Waals surface area contributed by atoms with Crippen LogP contribution in [0.5, 0.6) is 0 Å². The van der Waals surface area contributed by atoms with Crippen molar-refractivity contribution in [2.45, 2.75) is 17.9 Å². The molecule has 7 nitrogen and oxygen atoms in total. The van der Waals surface area contributed by atoms with Crippen molar-refractivity contribution >= 4 is 27.6 Å². The molecule has 31 heavy (non-hydrogen) atoms. The molecular weight excluding hydrogens is 416 g/mol. The van der Waals surface area contributed by atoms with Gasteiger partial charge in [0.05, 0.1) is 10.5 Å². The summed E-state index contributed by atoms with van der Waals surface area (Å²) < 4.78 is 31.3. The van der Waals surface area contributed by atoms with Crippen molar-refractivity contribution in [1.29, 1.82) is 0 Å². The van der Waals surface area contributed by atoms with Crippen molar-refractivity contribution in [3.63, 3.8) is 0 Å². The first kappa shape index (κ1) is 22.2. The molecule has 0 radical (unpaired) electrons. The van der Waals surface area contributed by atoms with Crippen LogP contribution in [0.2, 0.25) is 0 Å². The number of ether oxygens (including phenoxy) is 1. The van der Waals surface area contributed by atoms with Gasteiger partial charge in [0.2, 0.25) is 10.0 Å². The lowest BCUT2D eigenvalue weighted by Gasteiger charge is -2.16. The third kappa shape index (κ3) is 5.36. The molecule has 0 aliphatic heterocycles. The number of sulfonamides is 1. The molecule has 160 valence electrons. The summed E-state index contributed by atoms with van der Waals surface area (Å²) >= 11 is 0. The molecule has 8 heteroatoms. The summed E-state index contributed by atoms with van der Waals surface area (Å²) in [5.41, 5.74) is 2.38. The molecule has 0 aliphatic carbocycles. The maximum Gasteiger partial charge on any atom is 0.338 e. The smallest absolute Gasteiger partial charge is 0.338 e. The Balaban J connectivity index is 1.73. The Bertz CT molecular complexity index is 1190. The van der Waals surface area contributed by atoms with E-state index in [0.717, 1.165) is 11.1 Å². The Kier molecular flexibility index (Phi) is 6.84. The van der Waals surface area contributed by atoms with Crippen LogP contribution in [0, 0.1) is 0 Å².